The molecule has 84 valence electrons. The molecule has 0 aliphatic rings. The van der Waals surface area contributed by atoms with Crippen molar-refractivity contribution in [3.63, 3.8) is 0 Å². The number of aryl methyl sites for hydroxylation is 3. The Morgan fingerprint density at radius 3 is 2.62 bits per heavy atom. The third-order valence-electron chi connectivity index (χ3n) is 2.45. The zero-order valence-corrected chi connectivity index (χ0v) is 11.1. The smallest absolute Gasteiger partial charge is 0.189 e. The van der Waals surface area contributed by atoms with E-state index in [1.165, 1.54) is 0 Å². The van der Waals surface area contributed by atoms with E-state index in [-0.39, 0.29) is 0 Å². The summed E-state index contributed by atoms with van der Waals surface area (Å²) < 4.78 is 2.01. The first kappa shape index (κ1) is 11.4. The van der Waals surface area contributed by atoms with Gasteiger partial charge in [-0.05, 0) is 37.1 Å². The predicted octanol–water partition coefficient (Wildman–Crippen LogP) is 3.59. The average molecular weight is 253 g/mol. The Kier molecular flexibility index (Phi) is 3.17. The van der Waals surface area contributed by atoms with Crippen LogP contribution in [0.1, 0.15) is 11.1 Å². The van der Waals surface area contributed by atoms with Crippen LogP contribution in [0, 0.1) is 13.8 Å². The van der Waals surface area contributed by atoms with Gasteiger partial charge in [0.2, 0.25) is 0 Å². The first-order chi connectivity index (χ1) is 7.58. The van der Waals surface area contributed by atoms with Crippen LogP contribution in [-0.4, -0.2) is 4.57 Å². The van der Waals surface area contributed by atoms with E-state index in [0.29, 0.717) is 0 Å². The molecule has 4 heteroatoms. The van der Waals surface area contributed by atoms with Crippen LogP contribution in [0.15, 0.2) is 28.7 Å². The molecular formula is C12H13ClN2S. The van der Waals surface area contributed by atoms with Gasteiger partial charge in [-0.1, -0.05) is 11.6 Å². The van der Waals surface area contributed by atoms with Gasteiger partial charge in [0.15, 0.2) is 4.80 Å². The summed E-state index contributed by atoms with van der Waals surface area (Å²) in [6, 6.07) is 3.99. The second-order valence-electron chi connectivity index (χ2n) is 3.80. The van der Waals surface area contributed by atoms with Crippen LogP contribution < -0.4 is 4.80 Å². The molecule has 0 saturated carbocycles. The van der Waals surface area contributed by atoms with Crippen molar-refractivity contribution in [1.29, 1.82) is 0 Å². The molecule has 2 nitrogen and oxygen atoms in total. The van der Waals surface area contributed by atoms with E-state index in [9.17, 15) is 0 Å². The van der Waals surface area contributed by atoms with Gasteiger partial charge in [-0.2, -0.15) is 0 Å². The molecule has 16 heavy (non-hydrogen) atoms. The lowest BCUT2D eigenvalue weighted by Crippen LogP contribution is -2.08. The van der Waals surface area contributed by atoms with Crippen molar-refractivity contribution in [1.82, 2.24) is 4.57 Å². The molecule has 0 atom stereocenters. The molecule has 0 fully saturated rings. The van der Waals surface area contributed by atoms with E-state index in [1.807, 2.05) is 49.2 Å². The average Bonchev–Trinajstić information content (AvgIpc) is 2.61. The second kappa shape index (κ2) is 4.44. The van der Waals surface area contributed by atoms with Gasteiger partial charge in [-0.15, -0.1) is 11.3 Å². The lowest BCUT2D eigenvalue weighted by atomic mass is 10.1. The summed E-state index contributed by atoms with van der Waals surface area (Å²) in [6.07, 6.45) is 2.00. The number of rotatable bonds is 1. The number of benzene rings is 1. The highest BCUT2D eigenvalue weighted by molar-refractivity contribution is 7.07. The Morgan fingerprint density at radius 2 is 2.00 bits per heavy atom. The Morgan fingerprint density at radius 1 is 1.25 bits per heavy atom. The summed E-state index contributed by atoms with van der Waals surface area (Å²) >= 11 is 7.68. The number of thiazole rings is 1. The van der Waals surface area contributed by atoms with Gasteiger partial charge < -0.3 is 4.57 Å². The fraction of sp³-hybridized carbons (Fsp3) is 0.250. The quantitative estimate of drug-likeness (QED) is 0.738. The number of halogens is 1. The lowest BCUT2D eigenvalue weighted by molar-refractivity contribution is 0.873. The van der Waals surface area contributed by atoms with Crippen LogP contribution in [0.25, 0.3) is 0 Å². The van der Waals surface area contributed by atoms with Gasteiger partial charge in [-0.3, -0.25) is 0 Å². The lowest BCUT2D eigenvalue weighted by Gasteiger charge is -2.03. The Labute approximate surface area is 104 Å². The van der Waals surface area contributed by atoms with Gasteiger partial charge in [0.25, 0.3) is 0 Å². The van der Waals surface area contributed by atoms with Gasteiger partial charge >= 0.3 is 0 Å². The maximum atomic E-state index is 6.05. The summed E-state index contributed by atoms with van der Waals surface area (Å²) in [5.74, 6) is 0. The van der Waals surface area contributed by atoms with E-state index in [0.717, 1.165) is 26.6 Å². The topological polar surface area (TPSA) is 17.3 Å². The molecule has 0 amide bonds. The molecule has 2 aromatic rings. The van der Waals surface area contributed by atoms with Crippen LogP contribution in [0.5, 0.6) is 0 Å². The van der Waals surface area contributed by atoms with Crippen LogP contribution in [0.4, 0.5) is 5.69 Å². The minimum Gasteiger partial charge on any atom is -0.327 e. The molecule has 0 aliphatic carbocycles. The molecule has 0 bridgehead atoms. The van der Waals surface area contributed by atoms with Crippen LogP contribution >= 0.6 is 22.9 Å². The largest absolute Gasteiger partial charge is 0.327 e. The molecule has 0 spiro atoms. The molecule has 0 unspecified atom stereocenters. The molecular weight excluding hydrogens is 240 g/mol. The summed E-state index contributed by atoms with van der Waals surface area (Å²) in [6.45, 7) is 4.02. The van der Waals surface area contributed by atoms with Crippen molar-refractivity contribution in [2.45, 2.75) is 13.8 Å². The SMILES string of the molecule is Cc1cc(N=c2sccn2C)c(C)cc1Cl. The predicted molar refractivity (Wildman–Crippen MR) is 69.4 cm³/mol. The zero-order chi connectivity index (χ0) is 11.7. The molecule has 0 radical (unpaired) electrons. The van der Waals surface area contributed by atoms with Crippen molar-refractivity contribution in [2.24, 2.45) is 12.0 Å². The number of hydrogen-bond acceptors (Lipinski definition) is 2. The zero-order valence-electron chi connectivity index (χ0n) is 9.49. The van der Waals surface area contributed by atoms with Gasteiger partial charge in [0.1, 0.15) is 0 Å². The maximum Gasteiger partial charge on any atom is 0.189 e. The molecule has 0 saturated heterocycles. The van der Waals surface area contributed by atoms with Crippen LogP contribution in [0.2, 0.25) is 5.02 Å². The van der Waals surface area contributed by atoms with Crippen molar-refractivity contribution in [3.8, 4) is 0 Å². The van der Waals surface area contributed by atoms with Gasteiger partial charge in [0, 0.05) is 23.6 Å². The van der Waals surface area contributed by atoms with E-state index >= 15 is 0 Å². The monoisotopic (exact) mass is 252 g/mol. The molecule has 0 aliphatic heterocycles. The number of nitrogens with zero attached hydrogens (tertiary/aromatic N) is 2. The Hall–Kier alpha value is -1.06. The molecule has 0 N–H and O–H groups in total. The Balaban J connectivity index is 2.59. The standard InChI is InChI=1S/C12H13ClN2S/c1-8-7-11(9(2)6-10(8)13)14-12-15(3)4-5-16-12/h4-7H,1-3H3. The van der Waals surface area contributed by atoms with Crippen molar-refractivity contribution < 1.29 is 0 Å². The third-order valence-corrected chi connectivity index (χ3v) is 3.71. The summed E-state index contributed by atoms with van der Waals surface area (Å²) in [5, 5.41) is 2.82. The van der Waals surface area contributed by atoms with Crippen LogP contribution in [-0.2, 0) is 7.05 Å². The Bertz CT molecular complexity index is 581. The summed E-state index contributed by atoms with van der Waals surface area (Å²) in [7, 11) is 1.99. The van der Waals surface area contributed by atoms with E-state index in [2.05, 4.69) is 4.99 Å². The van der Waals surface area contributed by atoms with Crippen molar-refractivity contribution in [3.05, 3.63) is 44.7 Å². The van der Waals surface area contributed by atoms with Gasteiger partial charge in [-0.25, -0.2) is 4.99 Å². The summed E-state index contributed by atoms with van der Waals surface area (Å²) in [5.41, 5.74) is 3.15. The third kappa shape index (κ3) is 2.20. The highest BCUT2D eigenvalue weighted by atomic mass is 35.5. The maximum absolute atomic E-state index is 6.05. The van der Waals surface area contributed by atoms with Crippen molar-refractivity contribution >= 4 is 28.6 Å². The van der Waals surface area contributed by atoms with E-state index in [1.54, 1.807) is 11.3 Å². The normalized spacial score (nSPS) is 12.1. The molecule has 1 heterocycles. The number of aromatic nitrogens is 1. The minimum absolute atomic E-state index is 0.798. The fourth-order valence-corrected chi connectivity index (χ4v) is 2.39. The first-order valence-corrected chi connectivity index (χ1v) is 6.25. The highest BCUT2D eigenvalue weighted by Gasteiger charge is 2.02. The second-order valence-corrected chi connectivity index (χ2v) is 5.08. The molecule has 1 aromatic heterocycles. The summed E-state index contributed by atoms with van der Waals surface area (Å²) in [4.78, 5) is 5.62. The van der Waals surface area contributed by atoms with Crippen LogP contribution in [0.3, 0.4) is 0 Å². The minimum atomic E-state index is 0.798. The first-order valence-electron chi connectivity index (χ1n) is 4.99. The number of hydrogen-bond donors (Lipinski definition) is 0. The highest BCUT2D eigenvalue weighted by Crippen LogP contribution is 2.25. The molecule has 2 rings (SSSR count). The van der Waals surface area contributed by atoms with Crippen molar-refractivity contribution in [2.75, 3.05) is 0 Å². The van der Waals surface area contributed by atoms with E-state index in [4.69, 9.17) is 11.6 Å². The molecule has 1 aromatic carbocycles. The van der Waals surface area contributed by atoms with Gasteiger partial charge in [0.05, 0.1) is 5.69 Å². The van der Waals surface area contributed by atoms with E-state index < -0.39 is 0 Å². The fourth-order valence-electron chi connectivity index (χ4n) is 1.42.